The molecule has 0 radical (unpaired) electrons. The van der Waals surface area contributed by atoms with E-state index in [9.17, 15) is 4.79 Å². The summed E-state index contributed by atoms with van der Waals surface area (Å²) >= 11 is 1.55. The topological polar surface area (TPSA) is 51.7 Å². The van der Waals surface area contributed by atoms with Crippen LogP contribution in [0.4, 0.5) is 0 Å². The van der Waals surface area contributed by atoms with Crippen LogP contribution in [0.2, 0.25) is 0 Å². The number of methoxy groups -OCH3 is 1. The molecule has 5 nitrogen and oxygen atoms in total. The summed E-state index contributed by atoms with van der Waals surface area (Å²) in [5.74, 6) is 0.922. The number of thiophene rings is 1. The van der Waals surface area contributed by atoms with Gasteiger partial charge in [0.15, 0.2) is 0 Å². The minimum absolute atomic E-state index is 0.0438. The number of fused-ring (bicyclic) bond motifs is 3. The quantitative estimate of drug-likeness (QED) is 0.520. The highest BCUT2D eigenvalue weighted by molar-refractivity contribution is 7.17. The number of benzene rings is 1. The summed E-state index contributed by atoms with van der Waals surface area (Å²) < 4.78 is 11.1. The minimum Gasteiger partial charge on any atom is -0.488 e. The molecule has 0 aliphatic carbocycles. The van der Waals surface area contributed by atoms with Gasteiger partial charge in [-0.3, -0.25) is 9.78 Å². The first-order valence-corrected chi connectivity index (χ1v) is 10.6. The number of nitrogens with zero attached hydrogens (tertiary/aromatic N) is 2. The number of carbonyl (C=O) groups excluding carboxylic acids is 1. The van der Waals surface area contributed by atoms with Gasteiger partial charge in [-0.25, -0.2) is 0 Å². The molecule has 0 spiro atoms. The number of hydrogen-bond donors (Lipinski definition) is 0. The Kier molecular flexibility index (Phi) is 5.92. The molecule has 1 atom stereocenters. The fraction of sp³-hybridized carbons (Fsp3) is 0.304. The molecule has 0 saturated heterocycles. The van der Waals surface area contributed by atoms with E-state index < -0.39 is 0 Å². The van der Waals surface area contributed by atoms with Crippen LogP contribution in [0.1, 0.15) is 40.2 Å². The van der Waals surface area contributed by atoms with Gasteiger partial charge in [0.25, 0.3) is 5.91 Å². The molecule has 0 fully saturated rings. The molecule has 1 aliphatic heterocycles. The van der Waals surface area contributed by atoms with Crippen LogP contribution in [-0.2, 0) is 11.3 Å². The average molecular weight is 409 g/mol. The van der Waals surface area contributed by atoms with Gasteiger partial charge < -0.3 is 14.4 Å². The van der Waals surface area contributed by atoms with Gasteiger partial charge in [-0.15, -0.1) is 11.3 Å². The van der Waals surface area contributed by atoms with Gasteiger partial charge >= 0.3 is 0 Å². The molecule has 1 unspecified atom stereocenters. The Morgan fingerprint density at radius 2 is 2.07 bits per heavy atom. The van der Waals surface area contributed by atoms with E-state index in [2.05, 4.69) is 11.9 Å². The molecule has 29 heavy (non-hydrogen) atoms. The van der Waals surface area contributed by atoms with Crippen molar-refractivity contribution in [2.24, 2.45) is 0 Å². The van der Waals surface area contributed by atoms with E-state index in [4.69, 9.17) is 9.47 Å². The van der Waals surface area contributed by atoms with Crippen molar-refractivity contribution in [2.75, 3.05) is 20.3 Å². The molecule has 3 aromatic rings. The summed E-state index contributed by atoms with van der Waals surface area (Å²) in [5, 5.41) is 0. The lowest BCUT2D eigenvalue weighted by Gasteiger charge is -2.29. The summed E-state index contributed by atoms with van der Waals surface area (Å²) in [6.45, 7) is 3.81. The van der Waals surface area contributed by atoms with Crippen molar-refractivity contribution in [3.63, 3.8) is 0 Å². The van der Waals surface area contributed by atoms with E-state index in [0.29, 0.717) is 19.8 Å². The smallest absolute Gasteiger partial charge is 0.264 e. The number of para-hydroxylation sites is 1. The van der Waals surface area contributed by atoms with E-state index in [1.165, 1.54) is 0 Å². The maximum absolute atomic E-state index is 13.5. The van der Waals surface area contributed by atoms with E-state index >= 15 is 0 Å². The predicted octanol–water partition coefficient (Wildman–Crippen LogP) is 4.94. The highest BCUT2D eigenvalue weighted by atomic mass is 32.1. The summed E-state index contributed by atoms with van der Waals surface area (Å²) in [4.78, 5) is 21.4. The van der Waals surface area contributed by atoms with Crippen LogP contribution in [0.3, 0.4) is 0 Å². The molecule has 0 bridgehead atoms. The Bertz CT molecular complexity index is 987. The maximum Gasteiger partial charge on any atom is 0.264 e. The van der Waals surface area contributed by atoms with Crippen LogP contribution in [0.15, 0.2) is 54.9 Å². The van der Waals surface area contributed by atoms with Gasteiger partial charge in [0, 0.05) is 48.7 Å². The van der Waals surface area contributed by atoms with E-state index in [0.717, 1.165) is 38.6 Å². The number of ether oxygens (including phenoxy) is 2. The molecule has 1 amide bonds. The second-order valence-electron chi connectivity index (χ2n) is 7.05. The molecule has 2 aromatic heterocycles. The Hall–Kier alpha value is -2.70. The van der Waals surface area contributed by atoms with E-state index in [1.807, 2.05) is 47.4 Å². The number of hydrogen-bond acceptors (Lipinski definition) is 5. The fourth-order valence-corrected chi connectivity index (χ4v) is 4.77. The van der Waals surface area contributed by atoms with Crippen molar-refractivity contribution in [3.8, 4) is 16.2 Å². The number of pyridine rings is 1. The first kappa shape index (κ1) is 19.6. The Balaban J connectivity index is 1.64. The second-order valence-corrected chi connectivity index (χ2v) is 8.10. The monoisotopic (exact) mass is 408 g/mol. The van der Waals surface area contributed by atoms with E-state index in [1.54, 1.807) is 30.8 Å². The van der Waals surface area contributed by atoms with Gasteiger partial charge in [0.05, 0.1) is 10.9 Å². The summed E-state index contributed by atoms with van der Waals surface area (Å²) in [6.07, 6.45) is 4.32. The number of amides is 1. The third-order valence-electron chi connectivity index (χ3n) is 5.20. The van der Waals surface area contributed by atoms with Crippen LogP contribution in [0.25, 0.3) is 10.4 Å². The van der Waals surface area contributed by atoms with Gasteiger partial charge in [0.1, 0.15) is 12.4 Å². The van der Waals surface area contributed by atoms with Crippen molar-refractivity contribution in [3.05, 3.63) is 70.9 Å². The maximum atomic E-state index is 13.5. The zero-order valence-corrected chi connectivity index (χ0v) is 17.4. The van der Waals surface area contributed by atoms with Crippen molar-refractivity contribution in [1.29, 1.82) is 0 Å². The van der Waals surface area contributed by atoms with Crippen LogP contribution >= 0.6 is 11.3 Å². The Labute approximate surface area is 174 Å². The number of rotatable bonds is 7. The zero-order chi connectivity index (χ0) is 20.2. The molecule has 1 aliphatic rings. The first-order valence-electron chi connectivity index (χ1n) is 9.73. The number of carbonyl (C=O) groups is 1. The van der Waals surface area contributed by atoms with Gasteiger partial charge in [-0.2, -0.15) is 0 Å². The highest BCUT2D eigenvalue weighted by Gasteiger charge is 2.27. The van der Waals surface area contributed by atoms with Gasteiger partial charge in [0.2, 0.25) is 0 Å². The standard InChI is InChI=1S/C23H24N2O3S/c1-16(17-8-10-24-11-9-17)25(12-5-13-27-2)23(26)21-14-18-15-28-20-7-4-3-6-19(20)22(18)29-21/h3-4,6-11,14,16H,5,12-13,15H2,1-2H3. The molecule has 4 rings (SSSR count). The molecule has 0 N–H and O–H groups in total. The molecular formula is C23H24N2O3S. The van der Waals surface area contributed by atoms with Crippen molar-refractivity contribution >= 4 is 17.2 Å². The van der Waals surface area contributed by atoms with Crippen LogP contribution in [0.5, 0.6) is 5.75 Å². The van der Waals surface area contributed by atoms with E-state index in [-0.39, 0.29) is 11.9 Å². The molecule has 150 valence electrons. The second kappa shape index (κ2) is 8.76. The predicted molar refractivity (Wildman–Crippen MR) is 114 cm³/mol. The van der Waals surface area contributed by atoms with Crippen molar-refractivity contribution < 1.29 is 14.3 Å². The Morgan fingerprint density at radius 3 is 2.86 bits per heavy atom. The lowest BCUT2D eigenvalue weighted by molar-refractivity contribution is 0.0672. The minimum atomic E-state index is -0.0509. The number of aromatic nitrogens is 1. The van der Waals surface area contributed by atoms with Crippen molar-refractivity contribution in [1.82, 2.24) is 9.88 Å². The summed E-state index contributed by atoms with van der Waals surface area (Å²) in [5.41, 5.74) is 3.21. The molecule has 1 aromatic carbocycles. The van der Waals surface area contributed by atoms with Gasteiger partial charge in [-0.1, -0.05) is 12.1 Å². The molecular weight excluding hydrogens is 384 g/mol. The molecule has 0 saturated carbocycles. The lowest BCUT2D eigenvalue weighted by Crippen LogP contribution is -2.34. The van der Waals surface area contributed by atoms with Crippen molar-refractivity contribution in [2.45, 2.75) is 26.0 Å². The van der Waals surface area contributed by atoms with Crippen LogP contribution in [0, 0.1) is 0 Å². The van der Waals surface area contributed by atoms with Crippen LogP contribution < -0.4 is 4.74 Å². The van der Waals surface area contributed by atoms with Crippen LogP contribution in [-0.4, -0.2) is 36.1 Å². The van der Waals surface area contributed by atoms with Gasteiger partial charge in [-0.05, 0) is 49.2 Å². The SMILES string of the molecule is COCCCN(C(=O)c1cc2c(s1)-c1ccccc1OC2)C(C)c1ccncc1. The largest absolute Gasteiger partial charge is 0.488 e. The Morgan fingerprint density at radius 1 is 1.28 bits per heavy atom. The molecule has 3 heterocycles. The first-order chi connectivity index (χ1) is 14.2. The third-order valence-corrected chi connectivity index (χ3v) is 6.40. The summed E-state index contributed by atoms with van der Waals surface area (Å²) in [6, 6.07) is 13.9. The fourth-order valence-electron chi connectivity index (χ4n) is 3.62. The zero-order valence-electron chi connectivity index (χ0n) is 16.6. The normalized spacial score (nSPS) is 13.2. The molecule has 6 heteroatoms. The average Bonchev–Trinajstić information content (AvgIpc) is 3.21. The lowest BCUT2D eigenvalue weighted by atomic mass is 10.1. The summed E-state index contributed by atoms with van der Waals surface area (Å²) in [7, 11) is 1.68. The third kappa shape index (κ3) is 4.04. The highest BCUT2D eigenvalue weighted by Crippen LogP contribution is 2.42.